The average molecular weight is 370 g/mol. The van der Waals surface area contributed by atoms with E-state index in [0.29, 0.717) is 31.1 Å². The molecular weight excluding hydrogens is 344 g/mol. The van der Waals surface area contributed by atoms with Crippen LogP contribution < -0.4 is 4.74 Å². The van der Waals surface area contributed by atoms with Gasteiger partial charge in [0.15, 0.2) is 5.69 Å². The monoisotopic (exact) mass is 370 g/mol. The summed E-state index contributed by atoms with van der Waals surface area (Å²) in [5.74, 6) is 1.70. The second-order valence-corrected chi connectivity index (χ2v) is 7.70. The lowest BCUT2D eigenvalue weighted by Crippen LogP contribution is -2.36. The van der Waals surface area contributed by atoms with E-state index in [4.69, 9.17) is 9.26 Å². The van der Waals surface area contributed by atoms with E-state index in [1.54, 1.807) is 13.2 Å². The number of hydrogen-bond donors (Lipinski definition) is 1. The molecule has 144 valence electrons. The van der Waals surface area contributed by atoms with Crippen molar-refractivity contribution < 1.29 is 19.2 Å². The molecular formula is C21H26N2O4. The number of likely N-dealkylation sites (tertiary alicyclic amines) is 1. The molecule has 0 radical (unpaired) electrons. The Labute approximate surface area is 159 Å². The molecule has 2 aliphatic rings. The maximum Gasteiger partial charge on any atom is 0.276 e. The third kappa shape index (κ3) is 3.12. The first-order valence-electron chi connectivity index (χ1n) is 9.67. The number of aliphatic hydroxyl groups is 1. The molecule has 0 spiro atoms. The van der Waals surface area contributed by atoms with Crippen LogP contribution >= 0.6 is 0 Å². The molecule has 3 atom stereocenters. The van der Waals surface area contributed by atoms with Crippen molar-refractivity contribution in [3.63, 3.8) is 0 Å². The second kappa shape index (κ2) is 7.00. The van der Waals surface area contributed by atoms with Gasteiger partial charge in [-0.2, -0.15) is 0 Å². The van der Waals surface area contributed by atoms with Crippen molar-refractivity contribution >= 4 is 5.91 Å². The van der Waals surface area contributed by atoms with E-state index >= 15 is 0 Å². The Kier molecular flexibility index (Phi) is 4.68. The lowest BCUT2D eigenvalue weighted by molar-refractivity contribution is -0.00608. The molecule has 3 unspecified atom stereocenters. The molecule has 1 aromatic heterocycles. The molecule has 1 aliphatic carbocycles. The van der Waals surface area contributed by atoms with Gasteiger partial charge in [0, 0.05) is 31.5 Å². The summed E-state index contributed by atoms with van der Waals surface area (Å²) < 4.78 is 10.6. The van der Waals surface area contributed by atoms with Gasteiger partial charge in [-0.3, -0.25) is 4.79 Å². The number of ether oxygens (including phenoxy) is 1. The Morgan fingerprint density at radius 1 is 1.41 bits per heavy atom. The van der Waals surface area contributed by atoms with E-state index in [1.807, 2.05) is 29.2 Å². The van der Waals surface area contributed by atoms with E-state index in [9.17, 15) is 9.90 Å². The second-order valence-electron chi connectivity index (χ2n) is 7.70. The van der Waals surface area contributed by atoms with Crippen LogP contribution in [0.1, 0.15) is 48.0 Å². The lowest BCUT2D eigenvalue weighted by Gasteiger charge is -2.31. The van der Waals surface area contributed by atoms with Gasteiger partial charge in [0.2, 0.25) is 0 Å². The van der Waals surface area contributed by atoms with Crippen molar-refractivity contribution in [1.29, 1.82) is 0 Å². The van der Waals surface area contributed by atoms with Crippen molar-refractivity contribution in [2.45, 2.75) is 38.2 Å². The Hall–Kier alpha value is -2.34. The van der Waals surface area contributed by atoms with Crippen LogP contribution in [-0.4, -0.2) is 41.3 Å². The summed E-state index contributed by atoms with van der Waals surface area (Å²) in [6.07, 6.45) is 3.34. The van der Waals surface area contributed by atoms with E-state index in [0.717, 1.165) is 36.3 Å². The molecule has 2 aromatic rings. The first-order valence-corrected chi connectivity index (χ1v) is 9.67. The van der Waals surface area contributed by atoms with Gasteiger partial charge in [-0.1, -0.05) is 24.2 Å². The molecule has 0 bridgehead atoms. The van der Waals surface area contributed by atoms with E-state index in [-0.39, 0.29) is 11.8 Å². The Morgan fingerprint density at radius 3 is 3.04 bits per heavy atom. The maximum absolute atomic E-state index is 12.8. The number of amides is 1. The third-order valence-corrected chi connectivity index (χ3v) is 6.08. The van der Waals surface area contributed by atoms with Gasteiger partial charge in [-0.25, -0.2) is 0 Å². The van der Waals surface area contributed by atoms with Crippen LogP contribution in [-0.2, 0) is 12.0 Å². The number of methoxy groups -OCH3 is 1. The van der Waals surface area contributed by atoms with Gasteiger partial charge < -0.3 is 19.3 Å². The predicted molar refractivity (Wildman–Crippen MR) is 99.5 cm³/mol. The minimum Gasteiger partial charge on any atom is -0.497 e. The SMILES string of the molecule is CCCc1cc(C(=O)N2CC3CCC(O)(c4cccc(OC)c4)C3C2)no1. The maximum atomic E-state index is 12.8. The number of nitrogens with zero attached hydrogens (tertiary/aromatic N) is 2. The number of carbonyl (C=O) groups is 1. The fourth-order valence-corrected chi connectivity index (χ4v) is 4.65. The van der Waals surface area contributed by atoms with Gasteiger partial charge in [0.25, 0.3) is 5.91 Å². The molecule has 1 saturated carbocycles. The van der Waals surface area contributed by atoms with Crippen LogP contribution in [0.15, 0.2) is 34.9 Å². The summed E-state index contributed by atoms with van der Waals surface area (Å²) in [5.41, 5.74) is 0.310. The summed E-state index contributed by atoms with van der Waals surface area (Å²) in [7, 11) is 1.63. The highest BCUT2D eigenvalue weighted by molar-refractivity contribution is 5.92. The third-order valence-electron chi connectivity index (χ3n) is 6.08. The summed E-state index contributed by atoms with van der Waals surface area (Å²) >= 11 is 0. The van der Waals surface area contributed by atoms with E-state index in [1.165, 1.54) is 0 Å². The molecule has 1 saturated heterocycles. The summed E-state index contributed by atoms with van der Waals surface area (Å²) in [4.78, 5) is 14.7. The highest BCUT2D eigenvalue weighted by atomic mass is 16.5. The first kappa shape index (κ1) is 18.0. The van der Waals surface area contributed by atoms with Crippen LogP contribution in [0.5, 0.6) is 5.75 Å². The number of benzene rings is 1. The summed E-state index contributed by atoms with van der Waals surface area (Å²) in [6, 6.07) is 9.38. The Bertz CT molecular complexity index is 833. The average Bonchev–Trinajstić information content (AvgIpc) is 3.39. The van der Waals surface area contributed by atoms with E-state index in [2.05, 4.69) is 12.1 Å². The van der Waals surface area contributed by atoms with Gasteiger partial charge in [0.05, 0.1) is 12.7 Å². The van der Waals surface area contributed by atoms with Crippen molar-refractivity contribution in [2.75, 3.05) is 20.2 Å². The van der Waals surface area contributed by atoms with E-state index < -0.39 is 5.60 Å². The van der Waals surface area contributed by atoms with Crippen LogP contribution in [0.25, 0.3) is 0 Å². The van der Waals surface area contributed by atoms with Crippen LogP contribution in [0, 0.1) is 11.8 Å². The Balaban J connectivity index is 1.52. The molecule has 1 amide bonds. The lowest BCUT2D eigenvalue weighted by atomic mass is 9.82. The number of aromatic nitrogens is 1. The zero-order valence-electron chi connectivity index (χ0n) is 15.9. The number of hydrogen-bond acceptors (Lipinski definition) is 5. The zero-order chi connectivity index (χ0) is 19.0. The minimum absolute atomic E-state index is 0.0237. The quantitative estimate of drug-likeness (QED) is 0.876. The first-order chi connectivity index (χ1) is 13.0. The smallest absolute Gasteiger partial charge is 0.276 e. The molecule has 1 N–H and O–H groups in total. The largest absolute Gasteiger partial charge is 0.497 e. The number of carbonyl (C=O) groups excluding carboxylic acids is 1. The van der Waals surface area contributed by atoms with Crippen molar-refractivity contribution in [1.82, 2.24) is 10.1 Å². The standard InChI is InChI=1S/C21H26N2O4/c1-3-5-17-11-19(22-27-17)20(24)23-12-14-8-9-21(25,18(14)13-23)15-6-4-7-16(10-15)26-2/h4,6-7,10-11,14,18,25H,3,5,8-9,12-13H2,1-2H3. The van der Waals surface area contributed by atoms with Gasteiger partial charge in [-0.15, -0.1) is 0 Å². The normalized spacial score (nSPS) is 27.0. The molecule has 4 rings (SSSR count). The fourth-order valence-electron chi connectivity index (χ4n) is 4.65. The fraction of sp³-hybridized carbons (Fsp3) is 0.524. The number of fused-ring (bicyclic) bond motifs is 1. The van der Waals surface area contributed by atoms with Crippen LogP contribution in [0.3, 0.4) is 0 Å². The number of rotatable bonds is 5. The van der Waals surface area contributed by atoms with Crippen molar-refractivity contribution in [3.8, 4) is 5.75 Å². The highest BCUT2D eigenvalue weighted by Crippen LogP contribution is 2.51. The molecule has 1 aliphatic heterocycles. The highest BCUT2D eigenvalue weighted by Gasteiger charge is 2.53. The zero-order valence-corrected chi connectivity index (χ0v) is 15.9. The minimum atomic E-state index is -0.925. The van der Waals surface area contributed by atoms with Crippen LogP contribution in [0.4, 0.5) is 0 Å². The molecule has 2 heterocycles. The van der Waals surface area contributed by atoms with Crippen LogP contribution in [0.2, 0.25) is 0 Å². The molecule has 1 aromatic carbocycles. The van der Waals surface area contributed by atoms with Crippen molar-refractivity contribution in [3.05, 3.63) is 47.3 Å². The molecule has 6 nitrogen and oxygen atoms in total. The molecule has 6 heteroatoms. The van der Waals surface area contributed by atoms with Gasteiger partial charge in [-0.05, 0) is 42.9 Å². The molecule has 2 fully saturated rings. The predicted octanol–water partition coefficient (Wildman–Crippen LogP) is 3.01. The molecule has 27 heavy (non-hydrogen) atoms. The van der Waals surface area contributed by atoms with Gasteiger partial charge >= 0.3 is 0 Å². The number of aryl methyl sites for hydroxylation is 1. The summed E-state index contributed by atoms with van der Waals surface area (Å²) in [5, 5.41) is 15.4. The Morgan fingerprint density at radius 2 is 2.26 bits per heavy atom. The summed E-state index contributed by atoms with van der Waals surface area (Å²) in [6.45, 7) is 3.25. The van der Waals surface area contributed by atoms with Gasteiger partial charge in [0.1, 0.15) is 11.5 Å². The van der Waals surface area contributed by atoms with Crippen molar-refractivity contribution in [2.24, 2.45) is 11.8 Å². The topological polar surface area (TPSA) is 75.8 Å².